The molecule has 1 fully saturated rings. The number of imidazole rings is 1. The number of halogens is 1. The second-order valence-electron chi connectivity index (χ2n) is 5.98. The smallest absolute Gasteiger partial charge is 0.312 e. The molecule has 0 bridgehead atoms. The van der Waals surface area contributed by atoms with Gasteiger partial charge >= 0.3 is 6.08 Å². The van der Waals surface area contributed by atoms with E-state index in [-0.39, 0.29) is 35.7 Å². The molecule has 3 heterocycles. The molecule has 138 valence electrons. The summed E-state index contributed by atoms with van der Waals surface area (Å²) in [6.45, 7) is 1.27. The molecule has 0 spiro atoms. The zero-order valence-corrected chi connectivity index (χ0v) is 14.0. The van der Waals surface area contributed by atoms with E-state index in [9.17, 15) is 19.4 Å². The van der Waals surface area contributed by atoms with Crippen molar-refractivity contribution in [3.63, 3.8) is 0 Å². The van der Waals surface area contributed by atoms with E-state index in [0.29, 0.717) is 6.42 Å². The van der Waals surface area contributed by atoms with Crippen molar-refractivity contribution in [3.05, 3.63) is 12.4 Å². The molecule has 3 rings (SSSR count). The summed E-state index contributed by atoms with van der Waals surface area (Å²) in [4.78, 5) is 23.2. The number of carbonyl (C=O) groups excluding carboxylic acids is 1. The van der Waals surface area contributed by atoms with E-state index in [1.165, 1.54) is 10.9 Å². The van der Waals surface area contributed by atoms with Crippen LogP contribution in [0.1, 0.15) is 32.4 Å². The number of anilines is 1. The normalized spacial score (nSPS) is 25.3. The van der Waals surface area contributed by atoms with Gasteiger partial charge in [0.2, 0.25) is 5.91 Å². The lowest BCUT2D eigenvalue weighted by Gasteiger charge is -2.23. The zero-order chi connectivity index (χ0) is 18.9. The predicted octanol–water partition coefficient (Wildman–Crippen LogP) is 0.348. The minimum Gasteiger partial charge on any atom is -0.392 e. The Hall–Kier alpha value is -2.61. The summed E-state index contributed by atoms with van der Waals surface area (Å²) in [5.74, 6) is 1.89. The molecule has 1 saturated heterocycles. The average Bonchev–Trinajstić information content (AvgIpc) is 3.16. The predicted molar refractivity (Wildman–Crippen MR) is 88.2 cm³/mol. The SMILES string of the molecule is C#C[C@]1(CO)O[C@@H](n2cnc3c(NC(=O)CCC)nc(F)nc32)C[C@@H]1O. The fraction of sp³-hybridized carbons (Fsp3) is 0.500. The lowest BCUT2D eigenvalue weighted by molar-refractivity contribution is -0.116. The van der Waals surface area contributed by atoms with Crippen molar-refractivity contribution in [1.82, 2.24) is 19.5 Å². The lowest BCUT2D eigenvalue weighted by Crippen LogP contribution is -2.41. The van der Waals surface area contributed by atoms with Gasteiger partial charge < -0.3 is 20.3 Å². The number of rotatable bonds is 5. The van der Waals surface area contributed by atoms with Crippen LogP contribution in [0.25, 0.3) is 11.2 Å². The van der Waals surface area contributed by atoms with E-state index in [0.717, 1.165) is 0 Å². The Morgan fingerprint density at radius 2 is 2.38 bits per heavy atom. The highest BCUT2D eigenvalue weighted by molar-refractivity contribution is 5.96. The summed E-state index contributed by atoms with van der Waals surface area (Å²) in [7, 11) is 0. The summed E-state index contributed by atoms with van der Waals surface area (Å²) in [5, 5.41) is 22.1. The first kappa shape index (κ1) is 18.2. The first-order valence-corrected chi connectivity index (χ1v) is 8.08. The first-order chi connectivity index (χ1) is 12.4. The van der Waals surface area contributed by atoms with Gasteiger partial charge in [0.05, 0.1) is 12.9 Å². The molecule has 2 aromatic heterocycles. The minimum atomic E-state index is -1.55. The summed E-state index contributed by atoms with van der Waals surface area (Å²) in [6.07, 6.45) is 4.67. The third-order valence-corrected chi connectivity index (χ3v) is 4.23. The van der Waals surface area contributed by atoms with E-state index >= 15 is 0 Å². The second-order valence-corrected chi connectivity index (χ2v) is 5.98. The third-order valence-electron chi connectivity index (χ3n) is 4.23. The molecule has 0 saturated carbocycles. The van der Waals surface area contributed by atoms with Crippen molar-refractivity contribution < 1.29 is 24.1 Å². The summed E-state index contributed by atoms with van der Waals surface area (Å²) < 4.78 is 20.9. The van der Waals surface area contributed by atoms with Crippen LogP contribution in [0.4, 0.5) is 10.2 Å². The van der Waals surface area contributed by atoms with Crippen LogP contribution in [0.5, 0.6) is 0 Å². The fourth-order valence-electron chi connectivity index (χ4n) is 2.85. The van der Waals surface area contributed by atoms with Crippen molar-refractivity contribution in [2.24, 2.45) is 0 Å². The minimum absolute atomic E-state index is 0.0476. The maximum Gasteiger partial charge on any atom is 0.312 e. The second kappa shape index (κ2) is 6.95. The highest BCUT2D eigenvalue weighted by Gasteiger charge is 2.47. The van der Waals surface area contributed by atoms with Crippen molar-refractivity contribution in [2.75, 3.05) is 11.9 Å². The van der Waals surface area contributed by atoms with E-state index < -0.39 is 30.6 Å². The molecule has 0 unspecified atom stereocenters. The van der Waals surface area contributed by atoms with Gasteiger partial charge in [-0.2, -0.15) is 14.4 Å². The van der Waals surface area contributed by atoms with E-state index in [1.807, 2.05) is 6.92 Å². The summed E-state index contributed by atoms with van der Waals surface area (Å²) >= 11 is 0. The van der Waals surface area contributed by atoms with Crippen molar-refractivity contribution >= 4 is 22.9 Å². The number of aromatic nitrogens is 4. The third kappa shape index (κ3) is 3.01. The Morgan fingerprint density at radius 1 is 1.62 bits per heavy atom. The maximum absolute atomic E-state index is 13.9. The van der Waals surface area contributed by atoms with Gasteiger partial charge in [-0.1, -0.05) is 12.8 Å². The lowest BCUT2D eigenvalue weighted by atomic mass is 9.99. The number of terminal acetylenes is 1. The number of fused-ring (bicyclic) bond motifs is 1. The van der Waals surface area contributed by atoms with E-state index in [1.54, 1.807) is 0 Å². The number of hydrogen-bond acceptors (Lipinski definition) is 7. The molecule has 2 aromatic rings. The van der Waals surface area contributed by atoms with E-state index in [4.69, 9.17) is 11.2 Å². The molecular formula is C16H18FN5O4. The molecule has 10 heteroatoms. The van der Waals surface area contributed by atoms with Crippen LogP contribution >= 0.6 is 0 Å². The number of ether oxygens (including phenoxy) is 1. The molecule has 3 atom stereocenters. The van der Waals surface area contributed by atoms with Crippen molar-refractivity contribution in [2.45, 2.75) is 44.1 Å². The van der Waals surface area contributed by atoms with E-state index in [2.05, 4.69) is 26.2 Å². The van der Waals surface area contributed by atoms with Crippen molar-refractivity contribution in [1.29, 1.82) is 0 Å². The van der Waals surface area contributed by atoms with Crippen LogP contribution in [0.2, 0.25) is 0 Å². The molecule has 0 radical (unpaired) electrons. The van der Waals surface area contributed by atoms with Gasteiger partial charge in [0.15, 0.2) is 22.6 Å². The van der Waals surface area contributed by atoms with Gasteiger partial charge in [0.25, 0.3) is 0 Å². The molecule has 0 aliphatic carbocycles. The number of hydrogen-bond donors (Lipinski definition) is 3. The summed E-state index contributed by atoms with van der Waals surface area (Å²) in [6, 6.07) is 0. The van der Waals surface area contributed by atoms with Gasteiger partial charge in [-0.15, -0.1) is 6.42 Å². The van der Waals surface area contributed by atoms with Gasteiger partial charge in [-0.3, -0.25) is 9.36 Å². The van der Waals surface area contributed by atoms with Gasteiger partial charge in [0.1, 0.15) is 12.3 Å². The quantitative estimate of drug-likeness (QED) is 0.517. The van der Waals surface area contributed by atoms with Crippen LogP contribution in [-0.4, -0.2) is 54.0 Å². The Labute approximate surface area is 148 Å². The van der Waals surface area contributed by atoms with Crippen LogP contribution in [-0.2, 0) is 9.53 Å². The number of nitrogens with zero attached hydrogens (tertiary/aromatic N) is 4. The molecule has 9 nitrogen and oxygen atoms in total. The fourth-order valence-corrected chi connectivity index (χ4v) is 2.85. The molecule has 26 heavy (non-hydrogen) atoms. The van der Waals surface area contributed by atoms with Gasteiger partial charge in [0, 0.05) is 12.8 Å². The number of carbonyl (C=O) groups is 1. The highest BCUT2D eigenvalue weighted by atomic mass is 19.1. The Morgan fingerprint density at radius 3 is 3.00 bits per heavy atom. The Balaban J connectivity index is 1.98. The number of amides is 1. The van der Waals surface area contributed by atoms with Crippen molar-refractivity contribution in [3.8, 4) is 12.3 Å². The van der Waals surface area contributed by atoms with Gasteiger partial charge in [-0.25, -0.2) is 4.98 Å². The average molecular weight is 363 g/mol. The molecule has 0 aromatic carbocycles. The number of aliphatic hydroxyl groups is 2. The van der Waals surface area contributed by atoms with Crippen LogP contribution in [0, 0.1) is 18.4 Å². The monoisotopic (exact) mass is 363 g/mol. The molecule has 3 N–H and O–H groups in total. The van der Waals surface area contributed by atoms with Crippen LogP contribution < -0.4 is 5.32 Å². The Bertz CT molecular complexity index is 879. The molecular weight excluding hydrogens is 345 g/mol. The topological polar surface area (TPSA) is 122 Å². The molecule has 1 aliphatic rings. The molecule has 1 aliphatic heterocycles. The number of nitrogens with one attached hydrogen (secondary N) is 1. The number of aliphatic hydroxyl groups excluding tert-OH is 2. The van der Waals surface area contributed by atoms with Crippen LogP contribution in [0.15, 0.2) is 6.33 Å². The summed E-state index contributed by atoms with van der Waals surface area (Å²) in [5.41, 5.74) is -1.30. The Kier molecular flexibility index (Phi) is 4.86. The largest absolute Gasteiger partial charge is 0.392 e. The highest BCUT2D eigenvalue weighted by Crippen LogP contribution is 2.37. The van der Waals surface area contributed by atoms with Crippen LogP contribution in [0.3, 0.4) is 0 Å². The van der Waals surface area contributed by atoms with Gasteiger partial charge in [-0.05, 0) is 6.42 Å². The zero-order valence-electron chi connectivity index (χ0n) is 14.0. The maximum atomic E-state index is 13.9. The standard InChI is InChI=1S/C16H18FN5O4/c1-3-5-10(25)19-13-12-14(21-15(17)20-13)22(8-18-12)11-6-9(24)16(4-2,7-23)26-11/h2,8-9,11,23-24H,3,5-7H2,1H3,(H,19,20,21,25)/t9-,11+,16+/m0/s1. The first-order valence-electron chi connectivity index (χ1n) is 8.08. The molecule has 1 amide bonds.